The lowest BCUT2D eigenvalue weighted by molar-refractivity contribution is 0.476. The van der Waals surface area contributed by atoms with Crippen LogP contribution in [0.2, 0.25) is 0 Å². The second-order valence-electron chi connectivity index (χ2n) is 3.64. The molecule has 0 spiro atoms. The Hall–Kier alpha value is -1.34. The Morgan fingerprint density at radius 1 is 1.53 bits per heavy atom. The van der Waals surface area contributed by atoms with Crippen molar-refractivity contribution in [3.05, 3.63) is 17.7 Å². The molecule has 82 valence electrons. The molecular formula is C11H18N4. The minimum absolute atomic E-state index is 0.469. The zero-order valence-electron chi connectivity index (χ0n) is 9.62. The number of imidazole rings is 1. The maximum Gasteiger partial charge on any atom is 0.212 e. The summed E-state index contributed by atoms with van der Waals surface area (Å²) in [6, 6.07) is 2.60. The standard InChI is InChI=1S/C11H18N4/c1-4-9(5-2)13-7-10-8-14-11(6-12)15(10)3/h8-9,13H,4-5,7H2,1-3H3. The van der Waals surface area contributed by atoms with Gasteiger partial charge in [0.05, 0.1) is 11.9 Å². The predicted molar refractivity (Wildman–Crippen MR) is 59.1 cm³/mol. The van der Waals surface area contributed by atoms with E-state index in [1.165, 1.54) is 0 Å². The van der Waals surface area contributed by atoms with Crippen LogP contribution in [0.3, 0.4) is 0 Å². The second kappa shape index (κ2) is 5.52. The largest absolute Gasteiger partial charge is 0.322 e. The first-order valence-corrected chi connectivity index (χ1v) is 5.37. The summed E-state index contributed by atoms with van der Waals surface area (Å²) in [6.07, 6.45) is 4.01. The molecule has 1 aromatic rings. The van der Waals surface area contributed by atoms with Crippen LogP contribution < -0.4 is 5.32 Å². The third kappa shape index (κ3) is 2.80. The summed E-state index contributed by atoms with van der Waals surface area (Å²) in [7, 11) is 1.87. The third-order valence-corrected chi connectivity index (χ3v) is 2.74. The summed E-state index contributed by atoms with van der Waals surface area (Å²) in [6.45, 7) is 5.12. The third-order valence-electron chi connectivity index (χ3n) is 2.74. The highest BCUT2D eigenvalue weighted by molar-refractivity contribution is 5.16. The molecule has 0 aliphatic heterocycles. The lowest BCUT2D eigenvalue weighted by atomic mass is 10.2. The van der Waals surface area contributed by atoms with Crippen molar-refractivity contribution in [2.75, 3.05) is 0 Å². The molecule has 0 radical (unpaired) electrons. The summed E-state index contributed by atoms with van der Waals surface area (Å²) in [5.74, 6) is 0.469. The van der Waals surface area contributed by atoms with E-state index in [4.69, 9.17) is 5.26 Å². The minimum atomic E-state index is 0.469. The molecule has 4 heteroatoms. The quantitative estimate of drug-likeness (QED) is 0.795. The molecule has 0 unspecified atom stereocenters. The lowest BCUT2D eigenvalue weighted by Crippen LogP contribution is -2.27. The monoisotopic (exact) mass is 206 g/mol. The summed E-state index contributed by atoms with van der Waals surface area (Å²) in [5.41, 5.74) is 1.05. The smallest absolute Gasteiger partial charge is 0.212 e. The number of nitrogens with zero attached hydrogens (tertiary/aromatic N) is 3. The molecule has 1 rings (SSSR count). The average molecular weight is 206 g/mol. The first-order valence-electron chi connectivity index (χ1n) is 5.37. The van der Waals surface area contributed by atoms with Crippen molar-refractivity contribution in [1.29, 1.82) is 5.26 Å². The highest BCUT2D eigenvalue weighted by Crippen LogP contribution is 2.03. The van der Waals surface area contributed by atoms with E-state index < -0.39 is 0 Å². The Morgan fingerprint density at radius 2 is 2.20 bits per heavy atom. The van der Waals surface area contributed by atoms with Crippen molar-refractivity contribution < 1.29 is 0 Å². The van der Waals surface area contributed by atoms with Crippen LogP contribution in [0.1, 0.15) is 38.2 Å². The molecule has 0 aliphatic rings. The van der Waals surface area contributed by atoms with E-state index in [9.17, 15) is 0 Å². The molecule has 0 bridgehead atoms. The SMILES string of the molecule is CCC(CC)NCc1cnc(C#N)n1C. The number of hydrogen-bond acceptors (Lipinski definition) is 3. The van der Waals surface area contributed by atoms with Gasteiger partial charge in [-0.05, 0) is 12.8 Å². The van der Waals surface area contributed by atoms with E-state index in [0.29, 0.717) is 11.9 Å². The van der Waals surface area contributed by atoms with Crippen LogP contribution in [0, 0.1) is 11.3 Å². The average Bonchev–Trinajstić information content (AvgIpc) is 2.61. The van der Waals surface area contributed by atoms with Crippen LogP contribution in [-0.2, 0) is 13.6 Å². The number of nitriles is 1. The van der Waals surface area contributed by atoms with Gasteiger partial charge in [0.15, 0.2) is 0 Å². The van der Waals surface area contributed by atoms with Gasteiger partial charge in [-0.3, -0.25) is 0 Å². The van der Waals surface area contributed by atoms with Gasteiger partial charge in [0.25, 0.3) is 0 Å². The molecule has 1 N–H and O–H groups in total. The van der Waals surface area contributed by atoms with Gasteiger partial charge in [-0.25, -0.2) is 4.98 Å². The van der Waals surface area contributed by atoms with Crippen LogP contribution in [0.5, 0.6) is 0 Å². The Labute approximate surface area is 90.9 Å². The number of aromatic nitrogens is 2. The van der Waals surface area contributed by atoms with Gasteiger partial charge in [-0.15, -0.1) is 0 Å². The minimum Gasteiger partial charge on any atom is -0.322 e. The summed E-state index contributed by atoms with van der Waals surface area (Å²) in [5, 5.41) is 12.2. The zero-order chi connectivity index (χ0) is 11.3. The van der Waals surface area contributed by atoms with Gasteiger partial charge >= 0.3 is 0 Å². The molecule has 0 aliphatic carbocycles. The zero-order valence-corrected chi connectivity index (χ0v) is 9.62. The molecule has 4 nitrogen and oxygen atoms in total. The van der Waals surface area contributed by atoms with Crippen LogP contribution in [-0.4, -0.2) is 15.6 Å². The topological polar surface area (TPSA) is 53.6 Å². The number of nitrogens with one attached hydrogen (secondary N) is 1. The predicted octanol–water partition coefficient (Wildman–Crippen LogP) is 1.57. The molecule has 0 saturated carbocycles. The van der Waals surface area contributed by atoms with E-state index in [1.807, 2.05) is 11.6 Å². The van der Waals surface area contributed by atoms with Gasteiger partial charge in [0.1, 0.15) is 6.07 Å². The molecular weight excluding hydrogens is 188 g/mol. The molecule has 0 saturated heterocycles. The Bertz CT molecular complexity index is 344. The maximum atomic E-state index is 8.75. The molecule has 1 aromatic heterocycles. The van der Waals surface area contributed by atoms with E-state index in [0.717, 1.165) is 25.1 Å². The molecule has 0 amide bonds. The van der Waals surface area contributed by atoms with Crippen molar-refractivity contribution in [2.24, 2.45) is 7.05 Å². The molecule has 0 atom stereocenters. The van der Waals surface area contributed by atoms with Crippen LogP contribution in [0.25, 0.3) is 0 Å². The first kappa shape index (κ1) is 11.7. The molecule has 0 fully saturated rings. The van der Waals surface area contributed by atoms with Gasteiger partial charge in [-0.2, -0.15) is 5.26 Å². The number of hydrogen-bond donors (Lipinski definition) is 1. The fourth-order valence-corrected chi connectivity index (χ4v) is 1.54. The molecule has 0 aromatic carbocycles. The Kier molecular flexibility index (Phi) is 4.32. The van der Waals surface area contributed by atoms with Crippen molar-refractivity contribution >= 4 is 0 Å². The fraction of sp³-hybridized carbons (Fsp3) is 0.636. The summed E-state index contributed by atoms with van der Waals surface area (Å²) < 4.78 is 1.83. The maximum absolute atomic E-state index is 8.75. The molecule has 1 heterocycles. The van der Waals surface area contributed by atoms with Crippen molar-refractivity contribution in [3.8, 4) is 6.07 Å². The fourth-order valence-electron chi connectivity index (χ4n) is 1.54. The summed E-state index contributed by atoms with van der Waals surface area (Å²) in [4.78, 5) is 4.03. The molecule has 15 heavy (non-hydrogen) atoms. The highest BCUT2D eigenvalue weighted by Gasteiger charge is 2.07. The van der Waals surface area contributed by atoms with E-state index in [2.05, 4.69) is 30.2 Å². The van der Waals surface area contributed by atoms with Crippen LogP contribution >= 0.6 is 0 Å². The highest BCUT2D eigenvalue weighted by atomic mass is 15.1. The van der Waals surface area contributed by atoms with E-state index in [-0.39, 0.29) is 0 Å². The second-order valence-corrected chi connectivity index (χ2v) is 3.64. The first-order chi connectivity index (χ1) is 7.22. The Morgan fingerprint density at radius 3 is 2.67 bits per heavy atom. The van der Waals surface area contributed by atoms with Gasteiger partial charge in [0, 0.05) is 19.6 Å². The van der Waals surface area contributed by atoms with E-state index >= 15 is 0 Å². The van der Waals surface area contributed by atoms with Gasteiger partial charge in [0.2, 0.25) is 5.82 Å². The van der Waals surface area contributed by atoms with Crippen molar-refractivity contribution in [1.82, 2.24) is 14.9 Å². The lowest BCUT2D eigenvalue weighted by Gasteiger charge is -2.14. The van der Waals surface area contributed by atoms with Gasteiger partial charge in [-0.1, -0.05) is 13.8 Å². The van der Waals surface area contributed by atoms with Crippen LogP contribution in [0.4, 0.5) is 0 Å². The van der Waals surface area contributed by atoms with Crippen molar-refractivity contribution in [2.45, 2.75) is 39.3 Å². The van der Waals surface area contributed by atoms with Crippen molar-refractivity contribution in [3.63, 3.8) is 0 Å². The summed E-state index contributed by atoms with van der Waals surface area (Å²) >= 11 is 0. The Balaban J connectivity index is 2.58. The normalized spacial score (nSPS) is 10.6. The van der Waals surface area contributed by atoms with Gasteiger partial charge < -0.3 is 9.88 Å². The van der Waals surface area contributed by atoms with Crippen LogP contribution in [0.15, 0.2) is 6.20 Å². The van der Waals surface area contributed by atoms with E-state index in [1.54, 1.807) is 6.20 Å². The number of rotatable bonds is 5.